The van der Waals surface area contributed by atoms with Crippen LogP contribution in [0.2, 0.25) is 0 Å². The van der Waals surface area contributed by atoms with Gasteiger partial charge in [0, 0.05) is 29.7 Å². The van der Waals surface area contributed by atoms with E-state index in [4.69, 9.17) is 0 Å². The van der Waals surface area contributed by atoms with Crippen molar-refractivity contribution in [2.24, 2.45) is 0 Å². The molecule has 0 aliphatic carbocycles. The number of hydrogen-bond acceptors (Lipinski definition) is 5. The Kier molecular flexibility index (Phi) is 7.32. The molecule has 5 rings (SSSR count). The van der Waals surface area contributed by atoms with E-state index in [-0.39, 0.29) is 28.9 Å². The lowest BCUT2D eigenvalue weighted by Crippen LogP contribution is -2.37. The van der Waals surface area contributed by atoms with Crippen LogP contribution in [0.4, 0.5) is 10.1 Å². The van der Waals surface area contributed by atoms with Gasteiger partial charge in [-0.2, -0.15) is 0 Å². The molecule has 3 aromatic carbocycles. The van der Waals surface area contributed by atoms with E-state index in [9.17, 15) is 22.4 Å². The molecule has 0 radical (unpaired) electrons. The number of benzene rings is 3. The third-order valence-corrected chi connectivity index (χ3v) is 9.09. The Balaban J connectivity index is 1.14. The van der Waals surface area contributed by atoms with Crippen LogP contribution < -0.4 is 5.32 Å². The van der Waals surface area contributed by atoms with Gasteiger partial charge in [-0.05, 0) is 83.8 Å². The van der Waals surface area contributed by atoms with Crippen molar-refractivity contribution in [2.45, 2.75) is 30.1 Å². The van der Waals surface area contributed by atoms with Crippen LogP contribution in [-0.4, -0.2) is 44.5 Å². The number of hydrogen-bond donors (Lipinski definition) is 1. The van der Waals surface area contributed by atoms with Gasteiger partial charge >= 0.3 is 0 Å². The highest BCUT2D eigenvalue weighted by Crippen LogP contribution is 2.32. The molecule has 1 N–H and O–H groups in total. The third kappa shape index (κ3) is 5.95. The molecule has 1 fully saturated rings. The largest absolute Gasteiger partial charge is 0.338 e. The lowest BCUT2D eigenvalue weighted by atomic mass is 9.89. The van der Waals surface area contributed by atoms with E-state index >= 15 is 0 Å². The zero-order valence-corrected chi connectivity index (χ0v) is 22.4. The van der Waals surface area contributed by atoms with Crippen LogP contribution in [0.3, 0.4) is 0 Å². The fourth-order valence-corrected chi connectivity index (χ4v) is 6.42. The number of piperidine rings is 1. The number of sulfone groups is 1. The second kappa shape index (κ2) is 10.7. The minimum absolute atomic E-state index is 0.00548. The summed E-state index contributed by atoms with van der Waals surface area (Å²) in [5.74, 6) is -0.162. The number of nitrogens with one attached hydrogen (secondary N) is 1. The molecule has 0 bridgehead atoms. The number of likely N-dealkylation sites (tertiary alicyclic amines) is 1. The molecule has 0 spiro atoms. The first-order valence-electron chi connectivity index (χ1n) is 12.3. The summed E-state index contributed by atoms with van der Waals surface area (Å²) in [5.41, 5.74) is 2.60. The minimum atomic E-state index is -3.27. The lowest BCUT2D eigenvalue weighted by molar-refractivity contribution is -0.115. The number of halogens is 1. The van der Waals surface area contributed by atoms with Gasteiger partial charge in [0.05, 0.1) is 16.2 Å². The molecule has 196 valence electrons. The van der Waals surface area contributed by atoms with Gasteiger partial charge in [0.2, 0.25) is 5.91 Å². The van der Waals surface area contributed by atoms with Crippen LogP contribution >= 0.6 is 11.3 Å². The highest BCUT2D eigenvalue weighted by Gasteiger charge is 2.25. The molecule has 0 atom stereocenters. The summed E-state index contributed by atoms with van der Waals surface area (Å²) in [4.78, 5) is 28.2. The molecular formula is C29H27FN2O4S2. The number of rotatable bonds is 6. The average molecular weight is 551 g/mol. The Bertz CT molecular complexity index is 1590. The van der Waals surface area contributed by atoms with E-state index in [1.807, 2.05) is 29.2 Å². The first-order valence-corrected chi connectivity index (χ1v) is 15.0. The van der Waals surface area contributed by atoms with Crippen molar-refractivity contribution in [3.05, 3.63) is 94.6 Å². The zero-order chi connectivity index (χ0) is 26.9. The van der Waals surface area contributed by atoms with Crippen molar-refractivity contribution < 1.29 is 22.4 Å². The SMILES string of the molecule is CS(=O)(=O)c1ccc(CC(=O)Nc2ccc(C3CCN(C(=O)c4cc5cc(F)ccc5s4)CC3)cc2)cc1. The summed E-state index contributed by atoms with van der Waals surface area (Å²) in [6.07, 6.45) is 2.99. The summed E-state index contributed by atoms with van der Waals surface area (Å²) in [5, 5.41) is 3.64. The number of carbonyl (C=O) groups is 2. The Morgan fingerprint density at radius 1 is 0.974 bits per heavy atom. The van der Waals surface area contributed by atoms with Gasteiger partial charge in [-0.1, -0.05) is 24.3 Å². The van der Waals surface area contributed by atoms with Crippen molar-refractivity contribution in [2.75, 3.05) is 24.7 Å². The van der Waals surface area contributed by atoms with Crippen molar-refractivity contribution in [1.82, 2.24) is 4.90 Å². The maximum Gasteiger partial charge on any atom is 0.263 e. The van der Waals surface area contributed by atoms with Gasteiger partial charge in [0.1, 0.15) is 5.82 Å². The molecule has 0 saturated carbocycles. The molecule has 1 aliphatic rings. The fraction of sp³-hybridized carbons (Fsp3) is 0.241. The molecule has 2 heterocycles. The highest BCUT2D eigenvalue weighted by molar-refractivity contribution is 7.90. The van der Waals surface area contributed by atoms with Crippen LogP contribution in [-0.2, 0) is 21.1 Å². The molecule has 9 heteroatoms. The second-order valence-electron chi connectivity index (χ2n) is 9.62. The van der Waals surface area contributed by atoms with Crippen molar-refractivity contribution >= 4 is 48.8 Å². The van der Waals surface area contributed by atoms with E-state index in [1.54, 1.807) is 24.3 Å². The topological polar surface area (TPSA) is 83.6 Å². The average Bonchev–Trinajstić information content (AvgIpc) is 3.32. The highest BCUT2D eigenvalue weighted by atomic mass is 32.2. The number of thiophene rings is 1. The summed E-state index contributed by atoms with van der Waals surface area (Å²) in [7, 11) is -3.27. The molecule has 1 saturated heterocycles. The first kappa shape index (κ1) is 26.1. The minimum Gasteiger partial charge on any atom is -0.338 e. The quantitative estimate of drug-likeness (QED) is 0.337. The molecule has 38 heavy (non-hydrogen) atoms. The number of anilines is 1. The maximum atomic E-state index is 13.5. The number of nitrogens with zero attached hydrogens (tertiary/aromatic N) is 1. The Morgan fingerprint density at radius 2 is 1.66 bits per heavy atom. The van der Waals surface area contributed by atoms with Crippen LogP contribution in [0.1, 0.15) is 39.6 Å². The molecule has 1 aromatic heterocycles. The number of carbonyl (C=O) groups excluding carboxylic acids is 2. The first-order chi connectivity index (χ1) is 18.2. The summed E-state index contributed by atoms with van der Waals surface area (Å²) in [6.45, 7) is 1.31. The monoisotopic (exact) mass is 550 g/mol. The zero-order valence-electron chi connectivity index (χ0n) is 20.8. The lowest BCUT2D eigenvalue weighted by Gasteiger charge is -2.32. The third-order valence-electron chi connectivity index (χ3n) is 6.85. The van der Waals surface area contributed by atoms with E-state index in [0.29, 0.717) is 29.6 Å². The van der Waals surface area contributed by atoms with Crippen molar-refractivity contribution in [1.29, 1.82) is 0 Å². The fourth-order valence-electron chi connectivity index (χ4n) is 4.78. The van der Waals surface area contributed by atoms with Crippen molar-refractivity contribution in [3.63, 3.8) is 0 Å². The van der Waals surface area contributed by atoms with Crippen LogP contribution in [0, 0.1) is 5.82 Å². The van der Waals surface area contributed by atoms with Gasteiger partial charge in [-0.25, -0.2) is 12.8 Å². The number of amides is 2. The van der Waals surface area contributed by atoms with Gasteiger partial charge in [-0.3, -0.25) is 9.59 Å². The van der Waals surface area contributed by atoms with Gasteiger partial charge in [0.25, 0.3) is 5.91 Å². The Labute approximate surface area is 225 Å². The molecule has 2 amide bonds. The van der Waals surface area contributed by atoms with Gasteiger partial charge in [-0.15, -0.1) is 11.3 Å². The molecule has 1 aliphatic heterocycles. The van der Waals surface area contributed by atoms with Crippen molar-refractivity contribution in [3.8, 4) is 0 Å². The molecule has 0 unspecified atom stereocenters. The molecular weight excluding hydrogens is 523 g/mol. The van der Waals surface area contributed by atoms with Gasteiger partial charge < -0.3 is 10.2 Å². The second-order valence-corrected chi connectivity index (χ2v) is 12.7. The Hall–Kier alpha value is -3.56. The maximum absolute atomic E-state index is 13.5. The Morgan fingerprint density at radius 3 is 2.32 bits per heavy atom. The van der Waals surface area contributed by atoms with Crippen LogP contribution in [0.5, 0.6) is 0 Å². The molecule has 6 nitrogen and oxygen atoms in total. The van der Waals surface area contributed by atoms with E-state index < -0.39 is 9.84 Å². The predicted molar refractivity (Wildman–Crippen MR) is 148 cm³/mol. The van der Waals surface area contributed by atoms with Gasteiger partial charge in [0.15, 0.2) is 9.84 Å². The number of fused-ring (bicyclic) bond motifs is 1. The predicted octanol–water partition coefficient (Wildman–Crippen LogP) is 5.64. The standard InChI is InChI=1S/C29H27FN2O4S2/c1-38(35,36)25-9-2-19(3-10-25)16-28(33)31-24-7-4-20(5-8-24)21-12-14-32(15-13-21)29(34)27-18-22-17-23(30)6-11-26(22)37-27/h2-11,17-18,21H,12-16H2,1H3,(H,31,33). The van der Waals surface area contributed by atoms with Crippen LogP contribution in [0.15, 0.2) is 77.7 Å². The summed E-state index contributed by atoms with van der Waals surface area (Å²) >= 11 is 1.40. The van der Waals surface area contributed by atoms with E-state index in [0.717, 1.165) is 34.7 Å². The summed E-state index contributed by atoms with van der Waals surface area (Å²) < 4.78 is 37.6. The van der Waals surface area contributed by atoms with E-state index in [2.05, 4.69) is 5.32 Å². The normalized spacial score (nSPS) is 14.5. The smallest absolute Gasteiger partial charge is 0.263 e. The van der Waals surface area contributed by atoms with Crippen LogP contribution in [0.25, 0.3) is 10.1 Å². The summed E-state index contributed by atoms with van der Waals surface area (Å²) in [6, 6.07) is 20.5. The van der Waals surface area contributed by atoms with E-state index in [1.165, 1.54) is 41.2 Å². The molecule has 4 aromatic rings.